The number of halogens is 1. The number of hydrogen-bond acceptors (Lipinski definition) is 5. The summed E-state index contributed by atoms with van der Waals surface area (Å²) in [5, 5.41) is 4.69. The van der Waals surface area contributed by atoms with E-state index in [2.05, 4.69) is 41.3 Å². The van der Waals surface area contributed by atoms with Crippen LogP contribution in [0.4, 0.5) is 4.39 Å². The van der Waals surface area contributed by atoms with E-state index in [9.17, 15) is 9.18 Å². The summed E-state index contributed by atoms with van der Waals surface area (Å²) in [7, 11) is 5.63. The molecule has 6 nitrogen and oxygen atoms in total. The monoisotopic (exact) mass is 447 g/mol. The minimum absolute atomic E-state index is 0.108. The number of carbonyl (C=O) groups excluding carboxylic acids is 1. The van der Waals surface area contributed by atoms with Gasteiger partial charge >= 0.3 is 0 Å². The van der Waals surface area contributed by atoms with Crippen LogP contribution in [0, 0.1) is 11.2 Å². The van der Waals surface area contributed by atoms with Crippen LogP contribution < -0.4 is 5.43 Å². The quantitative estimate of drug-likeness (QED) is 0.774. The highest BCUT2D eigenvalue weighted by molar-refractivity contribution is 6.20. The first kappa shape index (κ1) is 21.6. The molecule has 33 heavy (non-hydrogen) atoms. The van der Waals surface area contributed by atoms with Crippen molar-refractivity contribution in [2.24, 2.45) is 10.5 Å². The second-order valence-electron chi connectivity index (χ2n) is 10.1. The molecule has 1 aliphatic carbocycles. The van der Waals surface area contributed by atoms with Gasteiger partial charge in [-0.2, -0.15) is 5.10 Å². The van der Waals surface area contributed by atoms with Crippen molar-refractivity contribution in [2.45, 2.75) is 13.8 Å². The standard InChI is InChI=1S/C26H30FN5O/c1-26(2)15-32(14-23(33)30(3)4)9-8-21(26)20-13-31(5)12-19-18-11-17(27)10-16-6-7-22(24(16)18)28-29-25(19)20/h6-8,10-12,29H,9,13-15H2,1-5H3. The lowest BCUT2D eigenvalue weighted by molar-refractivity contribution is -0.130. The van der Waals surface area contributed by atoms with Crippen LogP contribution >= 0.6 is 0 Å². The Morgan fingerprint density at radius 2 is 2.06 bits per heavy atom. The highest BCUT2D eigenvalue weighted by Gasteiger charge is 2.37. The molecule has 5 rings (SSSR count). The summed E-state index contributed by atoms with van der Waals surface area (Å²) in [6, 6.07) is 3.18. The highest BCUT2D eigenvalue weighted by atomic mass is 19.1. The predicted molar refractivity (Wildman–Crippen MR) is 130 cm³/mol. The molecule has 0 radical (unpaired) electrons. The number of hydrogen-bond donors (Lipinski definition) is 1. The Bertz CT molecular complexity index is 1200. The second kappa shape index (κ2) is 7.70. The smallest absolute Gasteiger partial charge is 0.236 e. The molecule has 0 aromatic heterocycles. The van der Waals surface area contributed by atoms with Crippen LogP contribution in [0.5, 0.6) is 0 Å². The Morgan fingerprint density at radius 3 is 2.79 bits per heavy atom. The number of benzene rings is 1. The zero-order valence-corrected chi connectivity index (χ0v) is 19.9. The van der Waals surface area contributed by atoms with Crippen LogP contribution in [0.2, 0.25) is 0 Å². The minimum Gasteiger partial charge on any atom is -0.375 e. The van der Waals surface area contributed by atoms with E-state index in [-0.39, 0.29) is 17.1 Å². The fourth-order valence-electron chi connectivity index (χ4n) is 5.28. The number of nitrogens with one attached hydrogen (secondary N) is 1. The average Bonchev–Trinajstić information content (AvgIpc) is 3.06. The SMILES string of the molecule is CN1C=C2C(=C(C3=CCN(CC(=O)N(C)C)CC3(C)C)C1)NN=C1C=Cc3cc(F)cc2c31. The lowest BCUT2D eigenvalue weighted by Gasteiger charge is -2.41. The molecule has 0 atom stereocenters. The zero-order valence-electron chi connectivity index (χ0n) is 19.9. The molecular formula is C26H30FN5O. The van der Waals surface area contributed by atoms with E-state index in [4.69, 9.17) is 5.10 Å². The Labute approximate surface area is 194 Å². The van der Waals surface area contributed by atoms with Crippen molar-refractivity contribution in [3.63, 3.8) is 0 Å². The molecular weight excluding hydrogens is 417 g/mol. The third-order valence-electron chi connectivity index (χ3n) is 6.80. The largest absolute Gasteiger partial charge is 0.375 e. The van der Waals surface area contributed by atoms with Crippen molar-refractivity contribution in [1.29, 1.82) is 0 Å². The number of nitrogens with zero attached hydrogens (tertiary/aromatic N) is 4. The van der Waals surface area contributed by atoms with Gasteiger partial charge in [0.15, 0.2) is 0 Å². The van der Waals surface area contributed by atoms with E-state index >= 15 is 0 Å². The fourth-order valence-corrected chi connectivity index (χ4v) is 5.28. The minimum atomic E-state index is -0.245. The van der Waals surface area contributed by atoms with Gasteiger partial charge in [-0.3, -0.25) is 15.1 Å². The lowest BCUT2D eigenvalue weighted by atomic mass is 9.75. The number of rotatable bonds is 3. The molecule has 3 heterocycles. The molecule has 1 amide bonds. The van der Waals surface area contributed by atoms with Gasteiger partial charge in [0.25, 0.3) is 0 Å². The third-order valence-corrected chi connectivity index (χ3v) is 6.80. The Morgan fingerprint density at radius 1 is 1.27 bits per heavy atom. The van der Waals surface area contributed by atoms with Crippen molar-refractivity contribution < 1.29 is 9.18 Å². The van der Waals surface area contributed by atoms with Gasteiger partial charge in [-0.1, -0.05) is 26.0 Å². The third kappa shape index (κ3) is 3.70. The zero-order chi connectivity index (χ0) is 23.5. The summed E-state index contributed by atoms with van der Waals surface area (Å²) in [5.74, 6) is -0.137. The van der Waals surface area contributed by atoms with Gasteiger partial charge in [-0.05, 0) is 34.9 Å². The van der Waals surface area contributed by atoms with Crippen LogP contribution in [0.15, 0.2) is 52.4 Å². The van der Waals surface area contributed by atoms with Crippen molar-refractivity contribution in [3.8, 4) is 0 Å². The first-order chi connectivity index (χ1) is 15.6. The Balaban J connectivity index is 1.58. The Kier molecular flexibility index (Phi) is 5.05. The summed E-state index contributed by atoms with van der Waals surface area (Å²) < 4.78 is 14.5. The highest BCUT2D eigenvalue weighted by Crippen LogP contribution is 2.43. The van der Waals surface area contributed by atoms with Crippen molar-refractivity contribution in [1.82, 2.24) is 20.1 Å². The van der Waals surface area contributed by atoms with Crippen LogP contribution in [0.1, 0.15) is 30.5 Å². The van der Waals surface area contributed by atoms with Crippen LogP contribution in [0.3, 0.4) is 0 Å². The molecule has 4 aliphatic rings. The van der Waals surface area contributed by atoms with E-state index in [1.807, 2.05) is 19.2 Å². The molecule has 172 valence electrons. The van der Waals surface area contributed by atoms with Crippen molar-refractivity contribution in [3.05, 3.63) is 69.8 Å². The molecule has 0 spiro atoms. The van der Waals surface area contributed by atoms with Crippen molar-refractivity contribution in [2.75, 3.05) is 47.3 Å². The number of allylic oxidation sites excluding steroid dienone is 2. The van der Waals surface area contributed by atoms with Crippen LogP contribution in [0.25, 0.3) is 11.6 Å². The molecule has 0 unspecified atom stereocenters. The van der Waals surface area contributed by atoms with E-state index in [0.717, 1.165) is 46.8 Å². The summed E-state index contributed by atoms with van der Waals surface area (Å²) in [6.45, 7) is 7.08. The summed E-state index contributed by atoms with van der Waals surface area (Å²) in [6.07, 6.45) is 8.18. The molecule has 0 saturated carbocycles. The molecule has 1 N–H and O–H groups in total. The lowest BCUT2D eigenvalue weighted by Crippen LogP contribution is -2.45. The number of amides is 1. The first-order valence-electron chi connectivity index (χ1n) is 11.3. The van der Waals surface area contributed by atoms with Crippen molar-refractivity contribution >= 4 is 23.3 Å². The van der Waals surface area contributed by atoms with Gasteiger partial charge < -0.3 is 9.80 Å². The number of carbonyl (C=O) groups is 1. The van der Waals surface area contributed by atoms with E-state index in [1.165, 1.54) is 11.1 Å². The fraction of sp³-hybridized carbons (Fsp3) is 0.385. The molecule has 1 aromatic rings. The average molecular weight is 448 g/mol. The number of likely N-dealkylation sites (N-methyl/N-ethyl adjacent to an activating group) is 2. The maximum absolute atomic E-state index is 14.5. The van der Waals surface area contributed by atoms with Crippen LogP contribution in [-0.4, -0.2) is 73.6 Å². The van der Waals surface area contributed by atoms with E-state index in [0.29, 0.717) is 13.1 Å². The molecule has 0 bridgehead atoms. The summed E-state index contributed by atoms with van der Waals surface area (Å²) in [5.41, 5.74) is 11.0. The van der Waals surface area contributed by atoms with E-state index in [1.54, 1.807) is 31.1 Å². The van der Waals surface area contributed by atoms with Gasteiger partial charge in [0, 0.05) is 69.1 Å². The molecule has 3 aliphatic heterocycles. The number of hydrazone groups is 1. The first-order valence-corrected chi connectivity index (χ1v) is 11.3. The summed E-state index contributed by atoms with van der Waals surface area (Å²) >= 11 is 0. The van der Waals surface area contributed by atoms with Gasteiger partial charge in [-0.25, -0.2) is 4.39 Å². The van der Waals surface area contributed by atoms with E-state index < -0.39 is 0 Å². The topological polar surface area (TPSA) is 51.2 Å². The van der Waals surface area contributed by atoms with Gasteiger partial charge in [-0.15, -0.1) is 0 Å². The maximum Gasteiger partial charge on any atom is 0.236 e. The second-order valence-corrected chi connectivity index (χ2v) is 10.1. The maximum atomic E-state index is 14.5. The number of fused-ring (bicyclic) bond motifs is 2. The van der Waals surface area contributed by atoms with Gasteiger partial charge in [0.05, 0.1) is 18.0 Å². The molecule has 0 saturated heterocycles. The molecule has 7 heteroatoms. The normalized spacial score (nSPS) is 20.9. The van der Waals surface area contributed by atoms with Gasteiger partial charge in [0.1, 0.15) is 5.82 Å². The Hall–Kier alpha value is -3.19. The predicted octanol–water partition coefficient (Wildman–Crippen LogP) is 3.06. The molecule has 0 fully saturated rings. The van der Waals surface area contributed by atoms with Gasteiger partial charge in [0.2, 0.25) is 5.91 Å². The summed E-state index contributed by atoms with van der Waals surface area (Å²) in [4.78, 5) is 18.2. The van der Waals surface area contributed by atoms with Crippen LogP contribution in [-0.2, 0) is 4.79 Å². The molecule has 1 aromatic carbocycles.